The second-order valence-corrected chi connectivity index (χ2v) is 5.84. The summed E-state index contributed by atoms with van der Waals surface area (Å²) in [6, 6.07) is 6.89. The molecule has 132 valence electrons. The van der Waals surface area contributed by atoms with Gasteiger partial charge in [0.2, 0.25) is 0 Å². The Morgan fingerprint density at radius 3 is 2.26 bits per heavy atom. The van der Waals surface area contributed by atoms with Crippen LogP contribution in [0.25, 0.3) is 0 Å². The van der Waals surface area contributed by atoms with Gasteiger partial charge in [-0.3, -0.25) is 0 Å². The maximum Gasteiger partial charge on any atom is 0.0343 e. The number of nitrogens with one attached hydrogen (secondary N) is 2. The highest BCUT2D eigenvalue weighted by molar-refractivity contribution is 5.48. The number of benzene rings is 1. The fraction of sp³-hybridized carbons (Fsp3) is 0.619. The molecule has 0 fully saturated rings. The van der Waals surface area contributed by atoms with E-state index in [2.05, 4.69) is 56.2 Å². The fourth-order valence-electron chi connectivity index (χ4n) is 2.47. The Morgan fingerprint density at radius 2 is 1.74 bits per heavy atom. The van der Waals surface area contributed by atoms with Gasteiger partial charge >= 0.3 is 0 Å². The number of hydrogen-bond acceptors (Lipinski definition) is 2. The van der Waals surface area contributed by atoms with Gasteiger partial charge in [0.05, 0.1) is 0 Å². The summed E-state index contributed by atoms with van der Waals surface area (Å²) >= 11 is 0. The van der Waals surface area contributed by atoms with Crippen LogP contribution in [0.4, 0.5) is 5.69 Å². The highest BCUT2D eigenvalue weighted by Gasteiger charge is 2.02. The molecule has 2 heteroatoms. The largest absolute Gasteiger partial charge is 0.392 e. The second kappa shape index (κ2) is 15.5. The molecular formula is C21H38N2. The van der Waals surface area contributed by atoms with Crippen LogP contribution in [0.1, 0.15) is 70.9 Å². The maximum atomic E-state index is 3.49. The Labute approximate surface area is 144 Å². The lowest BCUT2D eigenvalue weighted by Gasteiger charge is -2.12. The first-order chi connectivity index (χ1) is 11.2. The summed E-state index contributed by atoms with van der Waals surface area (Å²) in [7, 11) is 0. The zero-order valence-electron chi connectivity index (χ0n) is 15.9. The van der Waals surface area contributed by atoms with Gasteiger partial charge in [-0.2, -0.15) is 0 Å². The van der Waals surface area contributed by atoms with E-state index in [1.807, 2.05) is 6.92 Å². The molecule has 2 N–H and O–H groups in total. The lowest BCUT2D eigenvalue weighted by atomic mass is 9.98. The molecule has 0 aromatic heterocycles. The van der Waals surface area contributed by atoms with Crippen LogP contribution < -0.4 is 10.6 Å². The van der Waals surface area contributed by atoms with E-state index < -0.39 is 0 Å². The maximum absolute atomic E-state index is 3.49. The third kappa shape index (κ3) is 10.8. The fourth-order valence-corrected chi connectivity index (χ4v) is 2.47. The van der Waals surface area contributed by atoms with E-state index in [1.165, 1.54) is 49.8 Å². The van der Waals surface area contributed by atoms with E-state index in [4.69, 9.17) is 0 Å². The Kier molecular flexibility index (Phi) is 14.5. The van der Waals surface area contributed by atoms with E-state index in [0.717, 1.165) is 19.5 Å². The summed E-state index contributed by atoms with van der Waals surface area (Å²) < 4.78 is 0. The summed E-state index contributed by atoms with van der Waals surface area (Å²) in [5, 5.41) is 6.36. The van der Waals surface area contributed by atoms with Gasteiger partial charge in [-0.05, 0) is 62.1 Å². The molecule has 0 heterocycles. The van der Waals surface area contributed by atoms with Crippen LogP contribution in [-0.4, -0.2) is 13.1 Å². The van der Waals surface area contributed by atoms with Gasteiger partial charge in [0, 0.05) is 18.8 Å². The van der Waals surface area contributed by atoms with Gasteiger partial charge < -0.3 is 10.6 Å². The normalized spacial score (nSPS) is 9.74. The van der Waals surface area contributed by atoms with Crippen LogP contribution in [0.2, 0.25) is 0 Å². The zero-order valence-corrected chi connectivity index (χ0v) is 15.9. The van der Waals surface area contributed by atoms with Crippen LogP contribution in [0.5, 0.6) is 0 Å². The van der Waals surface area contributed by atoms with Gasteiger partial charge in [-0.1, -0.05) is 52.7 Å². The molecule has 0 spiro atoms. The molecule has 2 nitrogen and oxygen atoms in total. The predicted octanol–water partition coefficient (Wildman–Crippen LogP) is 5.93. The van der Waals surface area contributed by atoms with Crippen molar-refractivity contribution in [1.82, 2.24) is 5.32 Å². The molecule has 0 saturated carbocycles. The minimum atomic E-state index is 0.976. The summed E-state index contributed by atoms with van der Waals surface area (Å²) in [4.78, 5) is 0. The van der Waals surface area contributed by atoms with Crippen LogP contribution in [0.3, 0.4) is 0 Å². The molecule has 23 heavy (non-hydrogen) atoms. The lowest BCUT2D eigenvalue weighted by Crippen LogP contribution is -2.02. The molecule has 0 aliphatic carbocycles. The van der Waals surface area contributed by atoms with Gasteiger partial charge in [0.25, 0.3) is 0 Å². The van der Waals surface area contributed by atoms with Crippen molar-refractivity contribution in [2.75, 3.05) is 18.4 Å². The minimum absolute atomic E-state index is 0.976. The number of hydrogen-bond donors (Lipinski definition) is 2. The summed E-state index contributed by atoms with van der Waals surface area (Å²) in [5.74, 6) is 0. The first-order valence-electron chi connectivity index (χ1n) is 9.43. The summed E-state index contributed by atoms with van der Waals surface area (Å²) in [6.07, 6.45) is 10.6. The SMILES string of the molecule is C=CNCC.CCCCCCc1cc(NCCC)ccc1CC. The number of aryl methyl sites for hydroxylation is 2. The molecular weight excluding hydrogens is 280 g/mol. The number of anilines is 1. The van der Waals surface area contributed by atoms with Crippen molar-refractivity contribution in [2.45, 2.75) is 72.6 Å². The van der Waals surface area contributed by atoms with Crippen molar-refractivity contribution >= 4 is 5.69 Å². The lowest BCUT2D eigenvalue weighted by molar-refractivity contribution is 0.665. The average Bonchev–Trinajstić information content (AvgIpc) is 2.58. The topological polar surface area (TPSA) is 24.1 Å². The monoisotopic (exact) mass is 318 g/mol. The van der Waals surface area contributed by atoms with E-state index in [-0.39, 0.29) is 0 Å². The molecule has 0 amide bonds. The zero-order chi connectivity index (χ0) is 17.3. The third-order valence-electron chi connectivity index (χ3n) is 3.81. The molecule has 1 aromatic carbocycles. The standard InChI is InChI=1S/C17H29N.C4H9N/c1-4-7-8-9-10-16-14-17(18-13-5-2)12-11-15(16)6-3;1-3-5-4-2/h11-12,14,18H,4-10,13H2,1-3H3;3,5H,1,4H2,2H3. The average molecular weight is 319 g/mol. The Bertz CT molecular complexity index is 399. The second-order valence-electron chi connectivity index (χ2n) is 5.84. The van der Waals surface area contributed by atoms with Crippen molar-refractivity contribution in [3.05, 3.63) is 42.1 Å². The van der Waals surface area contributed by atoms with Gasteiger partial charge in [-0.25, -0.2) is 0 Å². The minimum Gasteiger partial charge on any atom is -0.392 e. The van der Waals surface area contributed by atoms with Crippen molar-refractivity contribution in [1.29, 1.82) is 0 Å². The van der Waals surface area contributed by atoms with Crippen molar-refractivity contribution in [3.8, 4) is 0 Å². The molecule has 0 saturated heterocycles. The van der Waals surface area contributed by atoms with Crippen LogP contribution >= 0.6 is 0 Å². The van der Waals surface area contributed by atoms with Crippen molar-refractivity contribution in [3.63, 3.8) is 0 Å². The quantitative estimate of drug-likeness (QED) is 0.494. The van der Waals surface area contributed by atoms with E-state index in [9.17, 15) is 0 Å². The number of rotatable bonds is 11. The molecule has 0 aliphatic rings. The van der Waals surface area contributed by atoms with E-state index in [0.29, 0.717) is 0 Å². The van der Waals surface area contributed by atoms with Gasteiger partial charge in [-0.15, -0.1) is 0 Å². The molecule has 1 aromatic rings. The third-order valence-corrected chi connectivity index (χ3v) is 3.81. The molecule has 0 radical (unpaired) electrons. The highest BCUT2D eigenvalue weighted by Crippen LogP contribution is 2.19. The van der Waals surface area contributed by atoms with Crippen molar-refractivity contribution < 1.29 is 0 Å². The van der Waals surface area contributed by atoms with Crippen LogP contribution in [0.15, 0.2) is 31.0 Å². The first kappa shape index (κ1) is 21.6. The van der Waals surface area contributed by atoms with Gasteiger partial charge in [0.15, 0.2) is 0 Å². The first-order valence-corrected chi connectivity index (χ1v) is 9.43. The summed E-state index contributed by atoms with van der Waals surface area (Å²) in [6.45, 7) is 14.2. The van der Waals surface area contributed by atoms with Gasteiger partial charge in [0.1, 0.15) is 0 Å². The smallest absolute Gasteiger partial charge is 0.0343 e. The van der Waals surface area contributed by atoms with E-state index in [1.54, 1.807) is 11.8 Å². The highest BCUT2D eigenvalue weighted by atomic mass is 14.9. The van der Waals surface area contributed by atoms with Crippen molar-refractivity contribution in [2.24, 2.45) is 0 Å². The molecule has 0 aliphatic heterocycles. The Hall–Kier alpha value is -1.44. The number of unbranched alkanes of at least 4 members (excludes halogenated alkanes) is 3. The Morgan fingerprint density at radius 1 is 0.957 bits per heavy atom. The predicted molar refractivity (Wildman–Crippen MR) is 106 cm³/mol. The molecule has 1 rings (SSSR count). The van der Waals surface area contributed by atoms with Crippen LogP contribution in [-0.2, 0) is 12.8 Å². The molecule has 0 unspecified atom stereocenters. The van der Waals surface area contributed by atoms with E-state index >= 15 is 0 Å². The van der Waals surface area contributed by atoms with Crippen LogP contribution in [0, 0.1) is 0 Å². The molecule has 0 bridgehead atoms. The summed E-state index contributed by atoms with van der Waals surface area (Å²) in [5.41, 5.74) is 4.36. The molecule has 0 atom stereocenters. The Balaban J connectivity index is 0.000000841.